The summed E-state index contributed by atoms with van der Waals surface area (Å²) in [4.78, 5) is 66.5. The zero-order chi connectivity index (χ0) is 76.0. The van der Waals surface area contributed by atoms with Crippen LogP contribution in [0.25, 0.3) is 34.2 Å². The molecule has 0 saturated carbocycles. The van der Waals surface area contributed by atoms with E-state index in [0.717, 1.165) is 121 Å². The molecule has 20 nitrogen and oxygen atoms in total. The Balaban J connectivity index is 0.000000306. The van der Waals surface area contributed by atoms with Crippen LogP contribution in [-0.2, 0) is 14.2 Å². The van der Waals surface area contributed by atoms with Crippen LogP contribution in [-0.4, -0.2) is 98.2 Å². The van der Waals surface area contributed by atoms with Gasteiger partial charge in [0.1, 0.15) is 28.7 Å². The number of anilines is 6. The van der Waals surface area contributed by atoms with E-state index < -0.39 is 0 Å². The highest BCUT2D eigenvalue weighted by atomic mass is 16.5. The highest BCUT2D eigenvalue weighted by Crippen LogP contribution is 2.37. The minimum Gasteiger partial charge on any atom is -0.507 e. The van der Waals surface area contributed by atoms with Crippen molar-refractivity contribution in [2.24, 2.45) is 29.6 Å². The second-order valence-corrected chi connectivity index (χ2v) is 27.3. The SMILES string of the molecule is CCCCC(CC)COC(=O)c1ccc(Nc2nc(Nc3ccc(C(=O)OCC(CC)CCCC)cc3)nc(Nc3ccc(C(=O)OCC(CC)CCCC)cc3)n2)cc1.CCCCC(CC)COc1ccc(-c2nc(-c3ccc(OC)cc3)nc(-c3ccc(OCC(CC)CCCC)cc3O)n2)c(O)c1. The first-order chi connectivity index (χ1) is 51.6. The number of nitrogens with one attached hydrogen (secondary N) is 3. The topological polar surface area (TPSA) is 260 Å². The van der Waals surface area contributed by atoms with E-state index in [-0.39, 0.29) is 58.9 Å². The van der Waals surface area contributed by atoms with Gasteiger partial charge in [0, 0.05) is 34.8 Å². The average Bonchev–Trinajstić information content (AvgIpc) is 0.792. The number of esters is 3. The molecule has 0 amide bonds. The number of phenols is 2. The molecule has 20 heteroatoms. The maximum Gasteiger partial charge on any atom is 0.338 e. The molecule has 8 aromatic rings. The van der Waals surface area contributed by atoms with E-state index in [4.69, 9.17) is 43.4 Å². The quantitative estimate of drug-likeness (QED) is 0.0175. The van der Waals surface area contributed by atoms with E-state index in [1.807, 2.05) is 36.4 Å². The van der Waals surface area contributed by atoms with Gasteiger partial charge in [0.25, 0.3) is 0 Å². The predicted molar refractivity (Wildman–Crippen MR) is 423 cm³/mol. The van der Waals surface area contributed by atoms with E-state index in [9.17, 15) is 24.6 Å². The fourth-order valence-electron chi connectivity index (χ4n) is 11.8. The van der Waals surface area contributed by atoms with Gasteiger partial charge in [0.05, 0.1) is 68.0 Å². The maximum atomic E-state index is 12.8. The molecule has 0 radical (unpaired) electrons. The first-order valence-corrected chi connectivity index (χ1v) is 38.8. The van der Waals surface area contributed by atoms with Gasteiger partial charge in [-0.05, 0) is 183 Å². The number of ether oxygens (including phenoxy) is 6. The molecule has 2 heterocycles. The van der Waals surface area contributed by atoms with Crippen LogP contribution in [0, 0.1) is 29.6 Å². The van der Waals surface area contributed by atoms with Crippen molar-refractivity contribution in [2.45, 2.75) is 198 Å². The Hall–Kier alpha value is -9.85. The normalized spacial score (nSPS) is 12.5. The van der Waals surface area contributed by atoms with Crippen molar-refractivity contribution in [3.05, 3.63) is 150 Å². The van der Waals surface area contributed by atoms with Crippen molar-refractivity contribution in [1.82, 2.24) is 29.9 Å². The molecule has 0 bridgehead atoms. The monoisotopic (exact) mass is 1450 g/mol. The third-order valence-electron chi connectivity index (χ3n) is 19.2. The number of aromatic hydroxyl groups is 2. The molecule has 5 unspecified atom stereocenters. The standard InChI is InChI=1S/C48H66N6O6.C38H49N3O5/c1-7-13-16-34(10-4)31-58-43(55)37-19-25-40(26-20-37)49-46-52-47(50-41-27-21-38(22-28-41)44(56)59-32-35(11-5)17-14-8-2)54-48(53-46)51-42-29-23-39(24-30-42)45(57)60-33-36(12-6)18-15-9-3;1-6-10-12-26(8-3)24-45-30-18-20-32(34(42)22-30)37-39-36(28-14-16-29(44-5)17-15-28)40-38(41-37)33-21-19-31(23-35(33)43)46-25-27(9-4)13-11-7-2/h19-30,34-36H,7-18,31-33H2,1-6H3,(H3,49,50,51,52,53,54);14-23,26-27,42-43H,6-13,24-25H2,1-5H3. The Morgan fingerprint density at radius 1 is 0.349 bits per heavy atom. The number of carbonyl (C=O) groups excluding carboxylic acids is 3. The fourth-order valence-corrected chi connectivity index (χ4v) is 11.8. The fraction of sp³-hybridized carbons (Fsp3) is 0.477. The number of phenolic OH excluding ortho intramolecular Hbond substituents is 2. The van der Waals surface area contributed by atoms with Gasteiger partial charge in [-0.15, -0.1) is 0 Å². The van der Waals surface area contributed by atoms with Gasteiger partial charge in [-0.25, -0.2) is 29.3 Å². The zero-order valence-corrected chi connectivity index (χ0v) is 64.5. The van der Waals surface area contributed by atoms with Crippen LogP contribution >= 0.6 is 0 Å². The molecular formula is C86H115N9O11. The summed E-state index contributed by atoms with van der Waals surface area (Å²) in [6.07, 6.45) is 21.7. The van der Waals surface area contributed by atoms with Gasteiger partial charge in [-0.2, -0.15) is 15.0 Å². The van der Waals surface area contributed by atoms with Crippen LogP contribution < -0.4 is 30.2 Å². The van der Waals surface area contributed by atoms with Gasteiger partial charge in [0.2, 0.25) is 17.8 Å². The number of hydrogen-bond acceptors (Lipinski definition) is 20. The molecule has 570 valence electrons. The molecule has 8 rings (SSSR count). The first kappa shape index (κ1) is 83.4. The van der Waals surface area contributed by atoms with Crippen molar-refractivity contribution in [3.63, 3.8) is 0 Å². The Morgan fingerprint density at radius 3 is 0.906 bits per heavy atom. The molecule has 5 atom stereocenters. The molecule has 0 aliphatic rings. The van der Waals surface area contributed by atoms with E-state index in [0.29, 0.717) is 131 Å². The number of aromatic nitrogens is 6. The molecule has 2 aromatic heterocycles. The lowest BCUT2D eigenvalue weighted by molar-refractivity contribution is 0.0419. The van der Waals surface area contributed by atoms with Gasteiger partial charge in [0.15, 0.2) is 17.5 Å². The van der Waals surface area contributed by atoms with Crippen molar-refractivity contribution in [2.75, 3.05) is 56.1 Å². The van der Waals surface area contributed by atoms with Gasteiger partial charge < -0.3 is 54.6 Å². The minimum atomic E-state index is -0.359. The molecule has 0 spiro atoms. The van der Waals surface area contributed by atoms with Crippen molar-refractivity contribution >= 4 is 52.8 Å². The van der Waals surface area contributed by atoms with E-state index in [1.165, 1.54) is 12.8 Å². The summed E-state index contributed by atoms with van der Waals surface area (Å²) in [5, 5.41) is 31.9. The highest BCUT2D eigenvalue weighted by molar-refractivity contribution is 5.91. The lowest BCUT2D eigenvalue weighted by Gasteiger charge is -2.16. The third kappa shape index (κ3) is 27.2. The maximum absolute atomic E-state index is 12.8. The highest BCUT2D eigenvalue weighted by Gasteiger charge is 2.22. The zero-order valence-electron chi connectivity index (χ0n) is 64.5. The second kappa shape index (κ2) is 45.5. The number of rotatable bonds is 45. The van der Waals surface area contributed by atoms with E-state index in [1.54, 1.807) is 104 Å². The summed E-state index contributed by atoms with van der Waals surface area (Å²) in [5.41, 5.74) is 4.90. The smallest absolute Gasteiger partial charge is 0.338 e. The molecule has 106 heavy (non-hydrogen) atoms. The van der Waals surface area contributed by atoms with Crippen LogP contribution in [0.1, 0.15) is 229 Å². The second-order valence-electron chi connectivity index (χ2n) is 27.3. The summed E-state index contributed by atoms with van der Waals surface area (Å²) < 4.78 is 34.3. The van der Waals surface area contributed by atoms with Crippen LogP contribution in [0.3, 0.4) is 0 Å². The Labute approximate surface area is 629 Å². The molecule has 0 aliphatic carbocycles. The molecule has 5 N–H and O–H groups in total. The molecule has 0 aliphatic heterocycles. The predicted octanol–water partition coefficient (Wildman–Crippen LogP) is 21.7. The molecular weight excluding hydrogens is 1330 g/mol. The Kier molecular flexibility index (Phi) is 35.8. The summed E-state index contributed by atoms with van der Waals surface area (Å²) in [6.45, 7) is 24.0. The van der Waals surface area contributed by atoms with Crippen molar-refractivity contribution in [3.8, 4) is 62.9 Å². The number of nitrogens with zero attached hydrogens (tertiary/aromatic N) is 6. The lowest BCUT2D eigenvalue weighted by atomic mass is 10.0. The number of hydrogen-bond donors (Lipinski definition) is 5. The molecule has 0 fully saturated rings. The van der Waals surface area contributed by atoms with E-state index in [2.05, 4.69) is 100 Å². The van der Waals surface area contributed by atoms with Crippen LogP contribution in [0.2, 0.25) is 0 Å². The summed E-state index contributed by atoms with van der Waals surface area (Å²) >= 11 is 0. The van der Waals surface area contributed by atoms with Gasteiger partial charge in [-0.1, -0.05) is 166 Å². The summed E-state index contributed by atoms with van der Waals surface area (Å²) in [5.74, 6) is 4.45. The van der Waals surface area contributed by atoms with Crippen LogP contribution in [0.15, 0.2) is 133 Å². The van der Waals surface area contributed by atoms with E-state index >= 15 is 0 Å². The van der Waals surface area contributed by atoms with Crippen LogP contribution in [0.5, 0.6) is 28.7 Å². The van der Waals surface area contributed by atoms with Gasteiger partial charge >= 0.3 is 17.9 Å². The number of carbonyl (C=O) groups is 3. The van der Waals surface area contributed by atoms with Crippen molar-refractivity contribution in [1.29, 1.82) is 0 Å². The Morgan fingerprint density at radius 2 is 0.632 bits per heavy atom. The number of benzene rings is 6. The number of unbranched alkanes of at least 4 members (excludes halogenated alkanes) is 5. The third-order valence-corrected chi connectivity index (χ3v) is 19.2. The largest absolute Gasteiger partial charge is 0.507 e. The Bertz CT molecular complexity index is 3600. The van der Waals surface area contributed by atoms with Crippen molar-refractivity contribution < 1.29 is 53.0 Å². The summed E-state index contributed by atoms with van der Waals surface area (Å²) in [7, 11) is 1.61. The number of methoxy groups -OCH3 is 1. The average molecular weight is 1450 g/mol. The first-order valence-electron chi connectivity index (χ1n) is 38.8. The molecule has 6 aromatic carbocycles. The summed E-state index contributed by atoms with van der Waals surface area (Å²) in [6, 6.07) is 38.6. The minimum absolute atomic E-state index is 0.00143. The van der Waals surface area contributed by atoms with Crippen LogP contribution in [0.4, 0.5) is 34.9 Å². The molecule has 0 saturated heterocycles. The van der Waals surface area contributed by atoms with Gasteiger partial charge in [-0.3, -0.25) is 0 Å². The lowest BCUT2D eigenvalue weighted by Crippen LogP contribution is -2.14.